The van der Waals surface area contributed by atoms with Gasteiger partial charge in [-0.2, -0.15) is 0 Å². The molecule has 9 heteroatoms. The summed E-state index contributed by atoms with van der Waals surface area (Å²) in [5.41, 5.74) is 0.560. The highest BCUT2D eigenvalue weighted by atomic mass is 16.6. The summed E-state index contributed by atoms with van der Waals surface area (Å²) in [6, 6.07) is 8.19. The van der Waals surface area contributed by atoms with Gasteiger partial charge < -0.3 is 19.3 Å². The number of rotatable bonds is 7. The molecule has 0 spiro atoms. The maximum Gasteiger partial charge on any atom is 0.344 e. The number of aromatic nitrogens is 2. The third-order valence-corrected chi connectivity index (χ3v) is 4.44. The molecule has 0 unspecified atom stereocenters. The number of carbonyl (C=O) groups is 3. The fraction of sp³-hybridized carbons (Fsp3) is 0.350. The molecule has 1 saturated heterocycles. The summed E-state index contributed by atoms with van der Waals surface area (Å²) >= 11 is 0. The number of piperazine rings is 1. The number of Topliss-reactive ketones (excluding diaryl/α,β-unsaturated/α-hetero) is 1. The Morgan fingerprint density at radius 3 is 2.24 bits per heavy atom. The second-order valence-corrected chi connectivity index (χ2v) is 6.45. The van der Waals surface area contributed by atoms with Gasteiger partial charge in [0.05, 0.1) is 0 Å². The Kier molecular flexibility index (Phi) is 6.72. The number of carbonyl (C=O) groups excluding carboxylic acids is 3. The molecule has 2 aromatic rings. The molecule has 1 fully saturated rings. The minimum Gasteiger partial charge on any atom is -0.482 e. The SMILES string of the molecule is CC(=O)c1ccc(OCC(=O)OCC(=O)N2CCN(c3ncccn3)CC2)cc1. The van der Waals surface area contributed by atoms with E-state index in [0.717, 1.165) is 0 Å². The van der Waals surface area contributed by atoms with Gasteiger partial charge in [-0.05, 0) is 37.3 Å². The molecule has 0 saturated carbocycles. The van der Waals surface area contributed by atoms with Crippen molar-refractivity contribution in [3.05, 3.63) is 48.3 Å². The first-order valence-corrected chi connectivity index (χ1v) is 9.22. The van der Waals surface area contributed by atoms with Crippen LogP contribution in [0.15, 0.2) is 42.7 Å². The average molecular weight is 398 g/mol. The van der Waals surface area contributed by atoms with Gasteiger partial charge >= 0.3 is 5.97 Å². The monoisotopic (exact) mass is 398 g/mol. The molecule has 0 atom stereocenters. The minimum atomic E-state index is -0.634. The van der Waals surface area contributed by atoms with E-state index in [1.165, 1.54) is 6.92 Å². The maximum absolute atomic E-state index is 12.2. The lowest BCUT2D eigenvalue weighted by atomic mass is 10.1. The molecule has 0 aliphatic carbocycles. The molecular formula is C20H22N4O5. The Labute approximate surface area is 168 Å². The van der Waals surface area contributed by atoms with E-state index in [1.807, 2.05) is 4.90 Å². The lowest BCUT2D eigenvalue weighted by Gasteiger charge is -2.34. The standard InChI is InChI=1S/C20H22N4O5/c1-15(25)16-3-5-17(6-4-16)28-14-19(27)29-13-18(26)23-9-11-24(12-10-23)20-21-7-2-8-22-20/h2-8H,9-14H2,1H3. The number of ketones is 1. The number of benzene rings is 1. The van der Waals surface area contributed by atoms with Crippen LogP contribution in [-0.2, 0) is 14.3 Å². The molecule has 1 aromatic heterocycles. The summed E-state index contributed by atoms with van der Waals surface area (Å²) in [5.74, 6) is 0.145. The molecule has 29 heavy (non-hydrogen) atoms. The predicted molar refractivity (Wildman–Crippen MR) is 104 cm³/mol. The highest BCUT2D eigenvalue weighted by molar-refractivity contribution is 5.94. The average Bonchev–Trinajstić information content (AvgIpc) is 2.77. The second kappa shape index (κ2) is 9.63. The van der Waals surface area contributed by atoms with E-state index in [2.05, 4.69) is 9.97 Å². The molecule has 1 aliphatic heterocycles. The van der Waals surface area contributed by atoms with Gasteiger partial charge in [0.1, 0.15) is 5.75 Å². The van der Waals surface area contributed by atoms with E-state index < -0.39 is 5.97 Å². The number of hydrogen-bond acceptors (Lipinski definition) is 8. The molecule has 0 N–H and O–H groups in total. The highest BCUT2D eigenvalue weighted by Crippen LogP contribution is 2.13. The molecule has 152 valence electrons. The van der Waals surface area contributed by atoms with Crippen LogP contribution < -0.4 is 9.64 Å². The number of anilines is 1. The molecule has 0 bridgehead atoms. The molecule has 1 amide bonds. The van der Waals surface area contributed by atoms with Gasteiger partial charge in [-0.15, -0.1) is 0 Å². The van der Waals surface area contributed by atoms with E-state index in [4.69, 9.17) is 9.47 Å². The van der Waals surface area contributed by atoms with Crippen LogP contribution in [0.3, 0.4) is 0 Å². The fourth-order valence-electron chi connectivity index (χ4n) is 2.81. The third-order valence-electron chi connectivity index (χ3n) is 4.44. The lowest BCUT2D eigenvalue weighted by molar-refractivity contribution is -0.153. The minimum absolute atomic E-state index is 0.0494. The Morgan fingerprint density at radius 2 is 1.62 bits per heavy atom. The number of ether oxygens (including phenoxy) is 2. The van der Waals surface area contributed by atoms with Crippen LogP contribution >= 0.6 is 0 Å². The van der Waals surface area contributed by atoms with Crippen molar-refractivity contribution in [3.8, 4) is 5.75 Å². The molecule has 2 heterocycles. The summed E-state index contributed by atoms with van der Waals surface area (Å²) in [6.07, 6.45) is 3.36. The summed E-state index contributed by atoms with van der Waals surface area (Å²) in [6.45, 7) is 3.08. The van der Waals surface area contributed by atoms with Crippen LogP contribution in [-0.4, -0.2) is 71.9 Å². The normalized spacial score (nSPS) is 13.7. The van der Waals surface area contributed by atoms with Crippen LogP contribution in [0.2, 0.25) is 0 Å². The first kappa shape index (κ1) is 20.2. The van der Waals surface area contributed by atoms with E-state index in [-0.39, 0.29) is 24.9 Å². The van der Waals surface area contributed by atoms with Gasteiger partial charge in [0.25, 0.3) is 5.91 Å². The summed E-state index contributed by atoms with van der Waals surface area (Å²) < 4.78 is 10.3. The molecule has 1 aliphatic rings. The van der Waals surface area contributed by atoms with E-state index in [1.54, 1.807) is 47.6 Å². The van der Waals surface area contributed by atoms with Gasteiger partial charge in [0, 0.05) is 44.1 Å². The Balaban J connectivity index is 1.37. The van der Waals surface area contributed by atoms with E-state index >= 15 is 0 Å². The lowest BCUT2D eigenvalue weighted by Crippen LogP contribution is -2.50. The van der Waals surface area contributed by atoms with Crippen LogP contribution in [0.25, 0.3) is 0 Å². The van der Waals surface area contributed by atoms with Crippen molar-refractivity contribution in [2.45, 2.75) is 6.92 Å². The van der Waals surface area contributed by atoms with Gasteiger partial charge in [-0.25, -0.2) is 14.8 Å². The van der Waals surface area contributed by atoms with Gasteiger partial charge in [-0.1, -0.05) is 0 Å². The third kappa shape index (κ3) is 5.74. The van der Waals surface area contributed by atoms with Crippen LogP contribution in [0, 0.1) is 0 Å². The summed E-state index contributed by atoms with van der Waals surface area (Å²) in [7, 11) is 0. The Hall–Kier alpha value is -3.49. The van der Waals surface area contributed by atoms with Crippen molar-refractivity contribution < 1.29 is 23.9 Å². The number of esters is 1. The van der Waals surface area contributed by atoms with Crippen LogP contribution in [0.5, 0.6) is 5.75 Å². The molecule has 9 nitrogen and oxygen atoms in total. The Bertz CT molecular complexity index is 849. The first-order valence-electron chi connectivity index (χ1n) is 9.22. The van der Waals surface area contributed by atoms with Crippen molar-refractivity contribution in [2.24, 2.45) is 0 Å². The number of amides is 1. The van der Waals surface area contributed by atoms with Crippen molar-refractivity contribution in [2.75, 3.05) is 44.3 Å². The summed E-state index contributed by atoms with van der Waals surface area (Å²) in [4.78, 5) is 47.4. The first-order chi connectivity index (χ1) is 14.0. The van der Waals surface area contributed by atoms with Crippen molar-refractivity contribution >= 4 is 23.6 Å². The van der Waals surface area contributed by atoms with Crippen molar-refractivity contribution in [1.82, 2.24) is 14.9 Å². The smallest absolute Gasteiger partial charge is 0.344 e. The topological polar surface area (TPSA) is 102 Å². The zero-order chi connectivity index (χ0) is 20.6. The molecule has 3 rings (SSSR count). The second-order valence-electron chi connectivity index (χ2n) is 6.45. The molecule has 0 radical (unpaired) electrons. The predicted octanol–water partition coefficient (Wildman–Crippen LogP) is 0.950. The fourth-order valence-corrected chi connectivity index (χ4v) is 2.81. The van der Waals surface area contributed by atoms with Gasteiger partial charge in [-0.3, -0.25) is 9.59 Å². The highest BCUT2D eigenvalue weighted by Gasteiger charge is 2.23. The van der Waals surface area contributed by atoms with Crippen LogP contribution in [0.4, 0.5) is 5.95 Å². The Morgan fingerprint density at radius 1 is 0.966 bits per heavy atom. The number of nitrogens with zero attached hydrogens (tertiary/aromatic N) is 4. The molecule has 1 aromatic carbocycles. The quantitative estimate of drug-likeness (QED) is 0.502. The van der Waals surface area contributed by atoms with Gasteiger partial charge in [0.2, 0.25) is 5.95 Å². The zero-order valence-corrected chi connectivity index (χ0v) is 16.1. The largest absolute Gasteiger partial charge is 0.482 e. The van der Waals surface area contributed by atoms with Crippen molar-refractivity contribution in [3.63, 3.8) is 0 Å². The zero-order valence-electron chi connectivity index (χ0n) is 16.1. The maximum atomic E-state index is 12.2. The van der Waals surface area contributed by atoms with E-state index in [9.17, 15) is 14.4 Å². The number of hydrogen-bond donors (Lipinski definition) is 0. The van der Waals surface area contributed by atoms with Crippen molar-refractivity contribution in [1.29, 1.82) is 0 Å². The summed E-state index contributed by atoms with van der Waals surface area (Å²) in [5, 5.41) is 0. The molecular weight excluding hydrogens is 376 g/mol. The van der Waals surface area contributed by atoms with Gasteiger partial charge in [0.15, 0.2) is 19.0 Å². The van der Waals surface area contributed by atoms with Crippen LogP contribution in [0.1, 0.15) is 17.3 Å². The van der Waals surface area contributed by atoms with E-state index in [0.29, 0.717) is 43.4 Å².